The summed E-state index contributed by atoms with van der Waals surface area (Å²) >= 11 is 0. The standard InChI is InChI=1S/C41H40F3N11O4/c1-23-14-28(42)27(15-32(23)54-12-9-35(56)49-39(54)59)38(58)52-13-10-40(41(43,44)22-52)20-51(21-40)19-24-6-7-29(47-17-24)25-4-3-5-31-26(25)8-11-53(31)34-16-30(46-2)37-48-18-33(36(45)57)55(37)50-34/h3-7,14-18,46H,8-13,19-22H2,1-2H3,(H2,45,57)(H,49,56,59). The number of pyridine rings is 1. The van der Waals surface area contributed by atoms with Crippen LogP contribution in [-0.2, 0) is 17.8 Å². The Balaban J connectivity index is 0.854. The molecule has 7 heterocycles. The minimum atomic E-state index is -3.23. The molecular weight excluding hydrogens is 768 g/mol. The summed E-state index contributed by atoms with van der Waals surface area (Å²) in [6.45, 7) is 2.12. The number of amides is 5. The molecule has 0 atom stereocenters. The van der Waals surface area contributed by atoms with Crippen molar-refractivity contribution in [2.75, 3.05) is 61.4 Å². The van der Waals surface area contributed by atoms with Crippen LogP contribution in [-0.4, -0.2) is 105 Å². The van der Waals surface area contributed by atoms with Crippen molar-refractivity contribution in [2.45, 2.75) is 38.7 Å². The molecule has 0 saturated carbocycles. The normalized spacial score (nSPS) is 18.6. The van der Waals surface area contributed by atoms with Crippen LogP contribution in [0.1, 0.15) is 50.4 Å². The van der Waals surface area contributed by atoms with Gasteiger partial charge >= 0.3 is 6.03 Å². The van der Waals surface area contributed by atoms with Crippen LogP contribution < -0.4 is 26.2 Å². The maximum Gasteiger partial charge on any atom is 0.328 e. The van der Waals surface area contributed by atoms with E-state index in [1.807, 2.05) is 41.3 Å². The van der Waals surface area contributed by atoms with Crippen molar-refractivity contribution < 1.29 is 32.3 Å². The second kappa shape index (κ2) is 14.1. The average molecular weight is 808 g/mol. The molecule has 9 rings (SSSR count). The van der Waals surface area contributed by atoms with Crippen LogP contribution >= 0.6 is 0 Å². The van der Waals surface area contributed by atoms with E-state index in [0.717, 1.165) is 45.5 Å². The molecule has 4 aliphatic heterocycles. The van der Waals surface area contributed by atoms with Gasteiger partial charge in [0.2, 0.25) is 5.91 Å². The van der Waals surface area contributed by atoms with Gasteiger partial charge < -0.3 is 20.9 Å². The lowest BCUT2D eigenvalue weighted by molar-refractivity contribution is -0.220. The number of benzene rings is 2. The summed E-state index contributed by atoms with van der Waals surface area (Å²) in [5.74, 6) is -5.42. The van der Waals surface area contributed by atoms with Crippen molar-refractivity contribution in [1.82, 2.24) is 34.7 Å². The minimum Gasteiger partial charge on any atom is -0.385 e. The molecule has 304 valence electrons. The van der Waals surface area contributed by atoms with Crippen LogP contribution in [0.15, 0.2) is 60.9 Å². The second-order valence-corrected chi connectivity index (χ2v) is 15.6. The molecule has 3 saturated heterocycles. The number of hydrogen-bond acceptors (Lipinski definition) is 10. The number of halogens is 3. The van der Waals surface area contributed by atoms with Gasteiger partial charge in [-0.3, -0.25) is 34.5 Å². The van der Waals surface area contributed by atoms with E-state index in [-0.39, 0.29) is 50.4 Å². The van der Waals surface area contributed by atoms with Crippen LogP contribution in [0.4, 0.5) is 40.8 Å². The van der Waals surface area contributed by atoms with Gasteiger partial charge in [0.25, 0.3) is 17.7 Å². The third-order valence-corrected chi connectivity index (χ3v) is 12.0. The smallest absolute Gasteiger partial charge is 0.328 e. The van der Waals surface area contributed by atoms with E-state index in [2.05, 4.69) is 20.5 Å². The van der Waals surface area contributed by atoms with Gasteiger partial charge in [-0.05, 0) is 60.7 Å². The van der Waals surface area contributed by atoms with Crippen LogP contribution in [0.25, 0.3) is 16.9 Å². The van der Waals surface area contributed by atoms with Gasteiger partial charge in [-0.2, -0.15) is 0 Å². The van der Waals surface area contributed by atoms with E-state index in [1.165, 1.54) is 21.7 Å². The van der Waals surface area contributed by atoms with Gasteiger partial charge in [-0.25, -0.2) is 27.5 Å². The molecule has 0 radical (unpaired) electrons. The number of nitrogens with zero attached hydrogens (tertiary/aromatic N) is 8. The average Bonchev–Trinajstić information content (AvgIpc) is 3.83. The maximum absolute atomic E-state index is 15.9. The highest BCUT2D eigenvalue weighted by Gasteiger charge is 2.63. The number of hydrogen-bond donors (Lipinski definition) is 3. The summed E-state index contributed by atoms with van der Waals surface area (Å²) in [4.78, 5) is 65.0. The zero-order valence-corrected chi connectivity index (χ0v) is 32.3. The summed E-state index contributed by atoms with van der Waals surface area (Å²) in [6.07, 6.45) is 3.97. The molecule has 0 bridgehead atoms. The van der Waals surface area contributed by atoms with Crippen molar-refractivity contribution in [2.24, 2.45) is 11.1 Å². The molecule has 59 heavy (non-hydrogen) atoms. The molecule has 3 fully saturated rings. The number of imidazole rings is 1. The highest BCUT2D eigenvalue weighted by atomic mass is 19.3. The number of anilines is 4. The lowest BCUT2D eigenvalue weighted by Crippen LogP contribution is -2.70. The first-order valence-corrected chi connectivity index (χ1v) is 19.3. The van der Waals surface area contributed by atoms with Crippen molar-refractivity contribution in [3.05, 3.63) is 94.7 Å². The van der Waals surface area contributed by atoms with E-state index in [9.17, 15) is 19.2 Å². The third kappa shape index (κ3) is 6.37. The van der Waals surface area contributed by atoms with Crippen LogP contribution in [0.2, 0.25) is 0 Å². The van der Waals surface area contributed by atoms with Crippen LogP contribution in [0, 0.1) is 18.2 Å². The number of imide groups is 1. The number of carbonyl (C=O) groups is 4. The number of primary amides is 1. The van der Waals surface area contributed by atoms with E-state index < -0.39 is 53.0 Å². The van der Waals surface area contributed by atoms with Crippen molar-refractivity contribution >= 4 is 52.3 Å². The fourth-order valence-electron chi connectivity index (χ4n) is 8.87. The number of alkyl halides is 2. The van der Waals surface area contributed by atoms with E-state index in [4.69, 9.17) is 15.8 Å². The molecule has 0 aliphatic carbocycles. The molecule has 15 nitrogen and oxygen atoms in total. The maximum atomic E-state index is 15.9. The summed E-state index contributed by atoms with van der Waals surface area (Å²) < 4.78 is 48.5. The largest absolute Gasteiger partial charge is 0.385 e. The molecule has 5 aromatic rings. The summed E-state index contributed by atoms with van der Waals surface area (Å²) in [7, 11) is 1.77. The van der Waals surface area contributed by atoms with Gasteiger partial charge in [0.05, 0.1) is 35.1 Å². The Morgan fingerprint density at radius 1 is 0.949 bits per heavy atom. The highest BCUT2D eigenvalue weighted by molar-refractivity contribution is 6.06. The number of fused-ring (bicyclic) bond motifs is 2. The molecule has 4 aliphatic rings. The second-order valence-electron chi connectivity index (χ2n) is 15.6. The number of likely N-dealkylation sites (tertiary alicyclic amines) is 2. The van der Waals surface area contributed by atoms with E-state index in [1.54, 1.807) is 20.2 Å². The SMILES string of the molecule is CNc1cc(N2CCc3c(-c4ccc(CN5CC6(CCN(C(=O)c7cc(N8CCC(=O)NC8=O)c(C)cc7F)CC6(F)F)C5)cn4)cccc32)nn2c(C(N)=O)cnc12. The fourth-order valence-corrected chi connectivity index (χ4v) is 8.87. The first kappa shape index (κ1) is 38.0. The molecular formula is C41H40F3N11O4. The summed E-state index contributed by atoms with van der Waals surface area (Å²) in [6, 6.07) is 13.4. The number of aryl methyl sites for hydroxylation is 1. The number of rotatable bonds is 8. The Bertz CT molecular complexity index is 2570. The number of nitrogens with one attached hydrogen (secondary N) is 2. The number of urea groups is 1. The summed E-state index contributed by atoms with van der Waals surface area (Å²) in [5.41, 5.74) is 10.5. The zero-order chi connectivity index (χ0) is 41.4. The number of aromatic nitrogens is 4. The third-order valence-electron chi connectivity index (χ3n) is 12.0. The topological polar surface area (TPSA) is 174 Å². The first-order chi connectivity index (χ1) is 28.3. The predicted octanol–water partition coefficient (Wildman–Crippen LogP) is 4.50. The fraction of sp³-hybridized carbons (Fsp3) is 0.341. The zero-order valence-electron chi connectivity index (χ0n) is 32.3. The number of piperidine rings is 1. The molecule has 18 heteroatoms. The van der Waals surface area contributed by atoms with Gasteiger partial charge in [0, 0.05) is 81.9 Å². The first-order valence-electron chi connectivity index (χ1n) is 19.3. The Morgan fingerprint density at radius 3 is 2.46 bits per heavy atom. The van der Waals surface area contributed by atoms with Crippen LogP contribution in [0.3, 0.4) is 0 Å². The monoisotopic (exact) mass is 807 g/mol. The Kier molecular flexibility index (Phi) is 9.06. The molecule has 3 aromatic heterocycles. The molecule has 2 aromatic carbocycles. The Hall–Kier alpha value is -6.56. The number of nitrogens with two attached hydrogens (primary N) is 1. The number of carbonyl (C=O) groups excluding carboxylic acids is 4. The molecule has 1 spiro atoms. The predicted molar refractivity (Wildman–Crippen MR) is 211 cm³/mol. The van der Waals surface area contributed by atoms with E-state index in [0.29, 0.717) is 35.8 Å². The van der Waals surface area contributed by atoms with Crippen molar-refractivity contribution in [3.63, 3.8) is 0 Å². The molecule has 0 unspecified atom stereocenters. The Morgan fingerprint density at radius 2 is 1.75 bits per heavy atom. The van der Waals surface area contributed by atoms with Crippen molar-refractivity contribution in [1.29, 1.82) is 0 Å². The summed E-state index contributed by atoms with van der Waals surface area (Å²) in [5, 5.41) is 10.0. The van der Waals surface area contributed by atoms with Crippen molar-refractivity contribution in [3.8, 4) is 11.3 Å². The molecule has 4 N–H and O–H groups in total. The van der Waals surface area contributed by atoms with Gasteiger partial charge in [-0.1, -0.05) is 18.2 Å². The van der Waals surface area contributed by atoms with Gasteiger partial charge in [0.15, 0.2) is 11.5 Å². The highest BCUT2D eigenvalue weighted by Crippen LogP contribution is 2.51. The van der Waals surface area contributed by atoms with Gasteiger partial charge in [0.1, 0.15) is 11.5 Å². The lowest BCUT2D eigenvalue weighted by Gasteiger charge is -2.57. The Labute approximate surface area is 336 Å². The minimum absolute atomic E-state index is 0.0258. The lowest BCUT2D eigenvalue weighted by atomic mass is 9.69. The quantitative estimate of drug-likeness (QED) is 0.203. The van der Waals surface area contributed by atoms with Crippen LogP contribution in [0.5, 0.6) is 0 Å². The molecule has 5 amide bonds. The van der Waals surface area contributed by atoms with E-state index >= 15 is 13.2 Å². The van der Waals surface area contributed by atoms with Gasteiger partial charge in [-0.15, -0.1) is 5.10 Å².